The average molecular weight is 427 g/mol. The molecule has 32 heavy (non-hydrogen) atoms. The van der Waals surface area contributed by atoms with Crippen molar-refractivity contribution >= 4 is 11.7 Å². The summed E-state index contributed by atoms with van der Waals surface area (Å²) >= 11 is 0. The number of carbonyl (C=O) groups excluding carboxylic acids is 1. The highest BCUT2D eigenvalue weighted by molar-refractivity contribution is 5.95. The molecule has 5 nitrogen and oxygen atoms in total. The van der Waals surface area contributed by atoms with E-state index in [0.717, 1.165) is 11.1 Å². The third-order valence-corrected chi connectivity index (χ3v) is 6.71. The average Bonchev–Trinajstić information content (AvgIpc) is 3.50. The zero-order valence-electron chi connectivity index (χ0n) is 17.3. The SMILES string of the molecule is N=C(N)c1ccc(CNC(=O)c2ccc3c(c2)[C@@H]2O[C@H]3c3ccc(C4CC4)cc32)c(F)c1. The first-order valence-electron chi connectivity index (χ1n) is 10.8. The lowest BCUT2D eigenvalue weighted by Crippen LogP contribution is -2.24. The maximum atomic E-state index is 14.3. The van der Waals surface area contributed by atoms with Crippen LogP contribution < -0.4 is 11.1 Å². The van der Waals surface area contributed by atoms with Gasteiger partial charge < -0.3 is 15.8 Å². The molecule has 0 aromatic heterocycles. The number of amidine groups is 1. The number of benzene rings is 3. The molecule has 2 heterocycles. The van der Waals surface area contributed by atoms with Crippen molar-refractivity contribution in [1.29, 1.82) is 5.41 Å². The number of fused-ring (bicyclic) bond motifs is 8. The molecule has 2 bridgehead atoms. The first-order chi connectivity index (χ1) is 15.5. The van der Waals surface area contributed by atoms with Crippen LogP contribution in [0.2, 0.25) is 0 Å². The molecule has 3 aromatic carbocycles. The van der Waals surface area contributed by atoms with Crippen LogP contribution >= 0.6 is 0 Å². The molecule has 0 spiro atoms. The maximum absolute atomic E-state index is 14.3. The lowest BCUT2D eigenvalue weighted by atomic mass is 9.84. The number of ether oxygens (including phenoxy) is 1. The summed E-state index contributed by atoms with van der Waals surface area (Å²) in [5, 5.41) is 10.2. The van der Waals surface area contributed by atoms with Gasteiger partial charge in [-0.15, -0.1) is 0 Å². The Hall–Kier alpha value is -3.51. The van der Waals surface area contributed by atoms with Crippen molar-refractivity contribution in [1.82, 2.24) is 5.32 Å². The Bertz CT molecular complexity index is 1300. The molecule has 2 atom stereocenters. The van der Waals surface area contributed by atoms with Gasteiger partial charge in [0.1, 0.15) is 23.9 Å². The third kappa shape index (κ3) is 3.02. The van der Waals surface area contributed by atoms with Crippen LogP contribution in [-0.2, 0) is 11.3 Å². The Morgan fingerprint density at radius 1 is 0.969 bits per heavy atom. The standard InChI is InChI=1S/C26H22FN3O2/c27-22-11-15(25(28)29)3-4-17(22)12-30-26(31)16-6-8-19-21(10-16)24-20-9-14(13-1-2-13)5-7-18(20)23(19)32-24/h3-11,13,23-24H,1-2,12H2,(H3,28,29)(H,30,31)/t23-,24+/m0/s1. The van der Waals surface area contributed by atoms with Crippen LogP contribution in [0.1, 0.15) is 80.3 Å². The first kappa shape index (κ1) is 19.2. The lowest BCUT2D eigenvalue weighted by Gasteiger charge is -2.17. The smallest absolute Gasteiger partial charge is 0.251 e. The first-order valence-corrected chi connectivity index (χ1v) is 10.8. The van der Waals surface area contributed by atoms with Gasteiger partial charge in [0.15, 0.2) is 0 Å². The summed E-state index contributed by atoms with van der Waals surface area (Å²) in [6, 6.07) is 16.7. The van der Waals surface area contributed by atoms with Crippen LogP contribution in [0.15, 0.2) is 54.6 Å². The van der Waals surface area contributed by atoms with E-state index >= 15 is 0 Å². The van der Waals surface area contributed by atoms with Crippen molar-refractivity contribution in [2.24, 2.45) is 5.73 Å². The fraction of sp³-hybridized carbons (Fsp3) is 0.231. The molecular formula is C26H22FN3O2. The molecule has 4 N–H and O–H groups in total. The van der Waals surface area contributed by atoms with Gasteiger partial charge in [-0.3, -0.25) is 10.2 Å². The highest BCUT2D eigenvalue weighted by Crippen LogP contribution is 2.55. The molecule has 1 saturated carbocycles. The van der Waals surface area contributed by atoms with E-state index < -0.39 is 5.82 Å². The van der Waals surface area contributed by atoms with Crippen molar-refractivity contribution in [3.05, 3.63) is 105 Å². The minimum atomic E-state index is -0.499. The second-order valence-electron chi connectivity index (χ2n) is 8.81. The molecule has 160 valence electrons. The zero-order chi connectivity index (χ0) is 22.0. The molecule has 3 aliphatic rings. The number of amides is 1. The lowest BCUT2D eigenvalue weighted by molar-refractivity contribution is 0.0857. The molecule has 1 fully saturated rings. The molecule has 1 amide bonds. The van der Waals surface area contributed by atoms with Crippen LogP contribution in [0.25, 0.3) is 0 Å². The molecule has 0 radical (unpaired) electrons. The van der Waals surface area contributed by atoms with E-state index in [1.807, 2.05) is 12.1 Å². The van der Waals surface area contributed by atoms with Gasteiger partial charge in [0.05, 0.1) is 0 Å². The highest BCUT2D eigenvalue weighted by atomic mass is 19.1. The van der Waals surface area contributed by atoms with Gasteiger partial charge in [0.25, 0.3) is 5.91 Å². The van der Waals surface area contributed by atoms with E-state index in [1.165, 1.54) is 41.7 Å². The van der Waals surface area contributed by atoms with E-state index in [2.05, 4.69) is 23.5 Å². The molecule has 6 heteroatoms. The van der Waals surface area contributed by atoms with Gasteiger partial charge in [0, 0.05) is 23.2 Å². The van der Waals surface area contributed by atoms with Gasteiger partial charge in [-0.05, 0) is 64.8 Å². The second-order valence-corrected chi connectivity index (χ2v) is 8.81. The largest absolute Gasteiger partial charge is 0.384 e. The Morgan fingerprint density at radius 3 is 2.38 bits per heavy atom. The molecule has 6 rings (SSSR count). The van der Waals surface area contributed by atoms with Gasteiger partial charge in [-0.25, -0.2) is 4.39 Å². The number of nitrogen functional groups attached to an aromatic ring is 1. The summed E-state index contributed by atoms with van der Waals surface area (Å²) < 4.78 is 20.5. The number of carbonyl (C=O) groups is 1. The summed E-state index contributed by atoms with van der Waals surface area (Å²) in [4.78, 5) is 12.8. The monoisotopic (exact) mass is 427 g/mol. The summed E-state index contributed by atoms with van der Waals surface area (Å²) in [6.07, 6.45) is 2.32. The van der Waals surface area contributed by atoms with Crippen LogP contribution in [0.3, 0.4) is 0 Å². The van der Waals surface area contributed by atoms with Crippen molar-refractivity contribution in [3.63, 3.8) is 0 Å². The molecular weight excluding hydrogens is 405 g/mol. The maximum Gasteiger partial charge on any atom is 0.251 e. The molecule has 3 aromatic rings. The summed E-state index contributed by atoms with van der Waals surface area (Å²) in [5.41, 5.74) is 12.6. The fourth-order valence-electron chi connectivity index (χ4n) is 4.81. The van der Waals surface area contributed by atoms with Crippen molar-refractivity contribution in [2.75, 3.05) is 0 Å². The van der Waals surface area contributed by atoms with E-state index in [0.29, 0.717) is 22.6 Å². The number of halogens is 1. The van der Waals surface area contributed by atoms with E-state index in [1.54, 1.807) is 12.1 Å². The quantitative estimate of drug-likeness (QED) is 0.416. The van der Waals surface area contributed by atoms with E-state index in [4.69, 9.17) is 15.9 Å². The van der Waals surface area contributed by atoms with Gasteiger partial charge in [0.2, 0.25) is 0 Å². The normalized spacial score (nSPS) is 20.0. The van der Waals surface area contributed by atoms with Crippen LogP contribution in [0, 0.1) is 11.2 Å². The van der Waals surface area contributed by atoms with Gasteiger partial charge in [-0.2, -0.15) is 0 Å². The minimum absolute atomic E-state index is 0.0517. The van der Waals surface area contributed by atoms with Crippen LogP contribution in [-0.4, -0.2) is 11.7 Å². The van der Waals surface area contributed by atoms with Crippen LogP contribution in [0.5, 0.6) is 0 Å². The van der Waals surface area contributed by atoms with Crippen molar-refractivity contribution < 1.29 is 13.9 Å². The molecule has 1 aliphatic carbocycles. The summed E-state index contributed by atoms with van der Waals surface area (Å²) in [6.45, 7) is 0.0517. The molecule has 2 aliphatic heterocycles. The predicted molar refractivity (Wildman–Crippen MR) is 118 cm³/mol. The number of rotatable bonds is 5. The predicted octanol–water partition coefficient (Wildman–Crippen LogP) is 4.44. The fourth-order valence-corrected chi connectivity index (χ4v) is 4.81. The van der Waals surface area contributed by atoms with Gasteiger partial charge >= 0.3 is 0 Å². The Kier molecular flexibility index (Phi) is 4.20. The van der Waals surface area contributed by atoms with Gasteiger partial charge in [-0.1, -0.05) is 36.4 Å². The Balaban J connectivity index is 1.21. The van der Waals surface area contributed by atoms with Crippen LogP contribution in [0.4, 0.5) is 4.39 Å². The summed E-state index contributed by atoms with van der Waals surface area (Å²) in [5.74, 6) is -0.279. The third-order valence-electron chi connectivity index (χ3n) is 6.71. The molecule has 0 unspecified atom stereocenters. The summed E-state index contributed by atoms with van der Waals surface area (Å²) in [7, 11) is 0. The Labute approximate surface area is 184 Å². The number of nitrogens with two attached hydrogens (primary N) is 1. The highest BCUT2D eigenvalue weighted by Gasteiger charge is 2.43. The Morgan fingerprint density at radius 2 is 1.66 bits per heavy atom. The van der Waals surface area contributed by atoms with Crippen molar-refractivity contribution in [2.45, 2.75) is 37.5 Å². The topological polar surface area (TPSA) is 88.2 Å². The number of hydrogen-bond acceptors (Lipinski definition) is 3. The van der Waals surface area contributed by atoms with Crippen molar-refractivity contribution in [3.8, 4) is 0 Å². The van der Waals surface area contributed by atoms with E-state index in [-0.39, 0.29) is 30.5 Å². The number of hydrogen-bond donors (Lipinski definition) is 3. The second kappa shape index (κ2) is 7.00. The molecule has 0 saturated heterocycles. The number of nitrogens with one attached hydrogen (secondary N) is 2. The zero-order valence-corrected chi connectivity index (χ0v) is 17.3. The van der Waals surface area contributed by atoms with E-state index in [9.17, 15) is 9.18 Å². The minimum Gasteiger partial charge on any atom is -0.384 e.